The molecule has 1 saturated carbocycles. The van der Waals surface area contributed by atoms with Crippen molar-refractivity contribution in [3.8, 4) is 22.5 Å². The van der Waals surface area contributed by atoms with Crippen LogP contribution in [-0.4, -0.2) is 67.3 Å². The molecule has 3 aromatic carbocycles. The number of carbonyl (C=O) groups excluding carboxylic acids is 1. The lowest BCUT2D eigenvalue weighted by Crippen LogP contribution is -2.54. The monoisotopic (exact) mass is 607 g/mol. The number of piperazine rings is 1. The summed E-state index contributed by atoms with van der Waals surface area (Å²) in [5, 5.41) is 1.08. The van der Waals surface area contributed by atoms with Gasteiger partial charge in [0.15, 0.2) is 0 Å². The van der Waals surface area contributed by atoms with Gasteiger partial charge in [-0.3, -0.25) is 14.1 Å². The highest BCUT2D eigenvalue weighted by molar-refractivity contribution is 5.91. The number of pyridine rings is 1. The number of rotatable bonds is 7. The maximum atomic E-state index is 12.9. The van der Waals surface area contributed by atoms with Crippen LogP contribution < -0.4 is 5.73 Å². The van der Waals surface area contributed by atoms with Crippen LogP contribution in [0.15, 0.2) is 103 Å². The molecule has 1 aliphatic heterocycles. The first-order valence-electron chi connectivity index (χ1n) is 16.3. The van der Waals surface area contributed by atoms with Gasteiger partial charge < -0.3 is 10.6 Å². The van der Waals surface area contributed by atoms with Gasteiger partial charge in [0.2, 0.25) is 5.91 Å². The Hall–Kier alpha value is -5.08. The molecule has 2 N–H and O–H groups in total. The highest BCUT2D eigenvalue weighted by Crippen LogP contribution is 2.42. The van der Waals surface area contributed by atoms with Crippen LogP contribution in [0.2, 0.25) is 0 Å². The Bertz CT molecular complexity index is 2010. The second-order valence-corrected chi connectivity index (χ2v) is 12.5. The SMILES string of the molecule is Nc1nccn2c(C3CC(N4CCN(C(=O)CCc5ccccc5)CC4)C3)nc(-c3ccc4ccc(-c5ccccc5)nc4c3)c12. The number of benzene rings is 3. The maximum Gasteiger partial charge on any atom is 0.222 e. The number of carbonyl (C=O) groups is 1. The first-order valence-corrected chi connectivity index (χ1v) is 16.3. The highest BCUT2D eigenvalue weighted by atomic mass is 16.2. The number of amides is 1. The molecule has 0 unspecified atom stereocenters. The van der Waals surface area contributed by atoms with Gasteiger partial charge >= 0.3 is 0 Å². The zero-order valence-corrected chi connectivity index (χ0v) is 25.8. The largest absolute Gasteiger partial charge is 0.382 e. The van der Waals surface area contributed by atoms with Crippen molar-refractivity contribution in [3.63, 3.8) is 0 Å². The molecule has 0 bridgehead atoms. The fourth-order valence-electron chi connectivity index (χ4n) is 7.10. The molecule has 8 nitrogen and oxygen atoms in total. The molecular weight excluding hydrogens is 570 g/mol. The Labute approximate surface area is 268 Å². The summed E-state index contributed by atoms with van der Waals surface area (Å²) in [5.41, 5.74) is 13.3. The molecule has 2 aliphatic rings. The van der Waals surface area contributed by atoms with E-state index in [-0.39, 0.29) is 5.91 Å². The summed E-state index contributed by atoms with van der Waals surface area (Å²) in [5.74, 6) is 2.11. The van der Waals surface area contributed by atoms with E-state index >= 15 is 0 Å². The Morgan fingerprint density at radius 1 is 0.826 bits per heavy atom. The van der Waals surface area contributed by atoms with Crippen molar-refractivity contribution >= 4 is 28.1 Å². The third-order valence-electron chi connectivity index (χ3n) is 9.78. The van der Waals surface area contributed by atoms with Gasteiger partial charge in [0.25, 0.3) is 0 Å². The predicted octanol–water partition coefficient (Wildman–Crippen LogP) is 6.22. The Balaban J connectivity index is 0.972. The van der Waals surface area contributed by atoms with E-state index < -0.39 is 0 Å². The molecule has 6 aromatic rings. The highest BCUT2D eigenvalue weighted by Gasteiger charge is 2.39. The molecule has 8 heteroatoms. The summed E-state index contributed by atoms with van der Waals surface area (Å²) in [4.78, 5) is 32.1. The number of nitrogens with two attached hydrogens (primary N) is 1. The number of fused-ring (bicyclic) bond motifs is 2. The summed E-state index contributed by atoms with van der Waals surface area (Å²) in [7, 11) is 0. The van der Waals surface area contributed by atoms with Crippen LogP contribution in [-0.2, 0) is 11.2 Å². The molecule has 1 aliphatic carbocycles. The van der Waals surface area contributed by atoms with Gasteiger partial charge in [0, 0.05) is 73.5 Å². The van der Waals surface area contributed by atoms with Crippen molar-refractivity contribution in [2.24, 2.45) is 0 Å². The maximum absolute atomic E-state index is 12.9. The first kappa shape index (κ1) is 28.4. The molecule has 46 heavy (non-hydrogen) atoms. The van der Waals surface area contributed by atoms with Crippen LogP contribution in [0.3, 0.4) is 0 Å². The van der Waals surface area contributed by atoms with E-state index in [1.54, 1.807) is 6.20 Å². The van der Waals surface area contributed by atoms with Crippen molar-refractivity contribution in [1.29, 1.82) is 0 Å². The van der Waals surface area contributed by atoms with Crippen molar-refractivity contribution in [2.75, 3.05) is 31.9 Å². The van der Waals surface area contributed by atoms with Gasteiger partial charge in [0.1, 0.15) is 22.9 Å². The number of imidazole rings is 1. The van der Waals surface area contributed by atoms with Crippen molar-refractivity contribution in [1.82, 2.24) is 29.2 Å². The second kappa shape index (κ2) is 12.0. The number of aromatic nitrogens is 4. The summed E-state index contributed by atoms with van der Waals surface area (Å²) in [6.45, 7) is 3.45. The van der Waals surface area contributed by atoms with E-state index in [9.17, 15) is 4.79 Å². The van der Waals surface area contributed by atoms with E-state index in [1.165, 1.54) is 5.56 Å². The molecule has 8 rings (SSSR count). The van der Waals surface area contributed by atoms with Crippen molar-refractivity contribution < 1.29 is 4.79 Å². The van der Waals surface area contributed by atoms with Crippen LogP contribution in [0.5, 0.6) is 0 Å². The van der Waals surface area contributed by atoms with Gasteiger partial charge in [-0.1, -0.05) is 78.9 Å². The Kier molecular flexibility index (Phi) is 7.42. The van der Waals surface area contributed by atoms with Gasteiger partial charge in [-0.2, -0.15) is 0 Å². The molecule has 230 valence electrons. The zero-order valence-electron chi connectivity index (χ0n) is 25.8. The number of nitrogen functional groups attached to an aromatic ring is 1. The molecule has 4 heterocycles. The molecule has 0 spiro atoms. The summed E-state index contributed by atoms with van der Waals surface area (Å²) in [6, 6.07) is 31.5. The molecule has 2 fully saturated rings. The summed E-state index contributed by atoms with van der Waals surface area (Å²) < 4.78 is 2.14. The molecule has 1 amide bonds. The fraction of sp³-hybridized carbons (Fsp3) is 0.263. The third kappa shape index (κ3) is 5.39. The number of nitrogens with zero attached hydrogens (tertiary/aromatic N) is 6. The lowest BCUT2D eigenvalue weighted by Gasteiger charge is -2.46. The van der Waals surface area contributed by atoms with Gasteiger partial charge in [-0.15, -0.1) is 0 Å². The smallest absolute Gasteiger partial charge is 0.222 e. The number of anilines is 1. The molecular formula is C38H37N7O. The van der Waals surface area contributed by atoms with E-state index in [0.717, 1.165) is 90.2 Å². The molecule has 0 atom stereocenters. The van der Waals surface area contributed by atoms with Crippen LogP contribution in [0.1, 0.15) is 36.6 Å². The number of aryl methyl sites for hydroxylation is 1. The standard InChI is InChI=1S/C38H37N7O/c39-37-36-35(29-13-12-28-14-15-32(41-33(28)25-29)27-9-5-2-6-10-27)42-38(45(36)18-17-40-37)30-23-31(24-30)43-19-21-44(22-20-43)34(46)16-11-26-7-3-1-4-8-26/h1-10,12-15,17-18,25,30-31H,11,16,19-24H2,(H2,39,40). The average molecular weight is 608 g/mol. The minimum Gasteiger partial charge on any atom is -0.382 e. The minimum absolute atomic E-state index is 0.262. The molecule has 3 aromatic heterocycles. The topological polar surface area (TPSA) is 92.7 Å². The minimum atomic E-state index is 0.262. The quantitative estimate of drug-likeness (QED) is 0.232. The van der Waals surface area contributed by atoms with Crippen LogP contribution in [0, 0.1) is 0 Å². The lowest BCUT2D eigenvalue weighted by molar-refractivity contribution is -0.133. The van der Waals surface area contributed by atoms with Crippen molar-refractivity contribution in [2.45, 2.75) is 37.6 Å². The number of hydrogen-bond acceptors (Lipinski definition) is 6. The zero-order chi connectivity index (χ0) is 31.0. The van der Waals surface area contributed by atoms with E-state index in [2.05, 4.69) is 68.9 Å². The Morgan fingerprint density at radius 2 is 1.57 bits per heavy atom. The predicted molar refractivity (Wildman–Crippen MR) is 182 cm³/mol. The fourth-order valence-corrected chi connectivity index (χ4v) is 7.10. The molecule has 1 saturated heterocycles. The van der Waals surface area contributed by atoms with Crippen LogP contribution in [0.4, 0.5) is 5.82 Å². The van der Waals surface area contributed by atoms with Crippen molar-refractivity contribution in [3.05, 3.63) is 115 Å². The summed E-state index contributed by atoms with van der Waals surface area (Å²) >= 11 is 0. The normalized spacial score (nSPS) is 18.6. The Morgan fingerprint density at radius 3 is 2.35 bits per heavy atom. The first-order chi connectivity index (χ1) is 22.6. The second-order valence-electron chi connectivity index (χ2n) is 12.5. The third-order valence-corrected chi connectivity index (χ3v) is 9.78. The van der Waals surface area contributed by atoms with Gasteiger partial charge in [-0.05, 0) is 37.0 Å². The number of hydrogen-bond donors (Lipinski definition) is 1. The van der Waals surface area contributed by atoms with E-state index in [4.69, 9.17) is 15.7 Å². The molecule has 0 radical (unpaired) electrons. The average Bonchev–Trinajstić information content (AvgIpc) is 3.47. The van der Waals surface area contributed by atoms with E-state index in [0.29, 0.717) is 24.2 Å². The lowest BCUT2D eigenvalue weighted by atomic mass is 9.78. The van der Waals surface area contributed by atoms with Crippen LogP contribution >= 0.6 is 0 Å². The van der Waals surface area contributed by atoms with E-state index in [1.807, 2.05) is 47.5 Å². The summed E-state index contributed by atoms with van der Waals surface area (Å²) in [6.07, 6.45) is 7.21. The van der Waals surface area contributed by atoms with Gasteiger partial charge in [-0.25, -0.2) is 15.0 Å². The van der Waals surface area contributed by atoms with Crippen LogP contribution in [0.25, 0.3) is 38.9 Å². The van der Waals surface area contributed by atoms with Gasteiger partial charge in [0.05, 0.1) is 11.2 Å².